The Morgan fingerprint density at radius 1 is 0.917 bits per heavy atom. The van der Waals surface area contributed by atoms with Gasteiger partial charge in [-0.1, -0.05) is 24.3 Å². The van der Waals surface area contributed by atoms with Crippen molar-refractivity contribution in [1.29, 1.82) is 0 Å². The van der Waals surface area contributed by atoms with E-state index >= 15 is 0 Å². The summed E-state index contributed by atoms with van der Waals surface area (Å²) in [5, 5.41) is 12.0. The number of hydrogen-bond donors (Lipinski definition) is 2. The molecule has 1 unspecified atom stereocenters. The van der Waals surface area contributed by atoms with Gasteiger partial charge in [-0.15, -0.1) is 0 Å². The smallest absolute Gasteiger partial charge is 0.326 e. The molecule has 2 aromatic rings. The fourth-order valence-electron chi connectivity index (χ4n) is 2.23. The second kappa shape index (κ2) is 9.36. The Hall–Kier alpha value is -1.16. The number of nitrogens with one attached hydrogen (secondary N) is 1. The van der Waals surface area contributed by atoms with Crippen LogP contribution in [0.25, 0.3) is 0 Å². The lowest BCUT2D eigenvalue weighted by molar-refractivity contribution is -0.141. The molecular weight excluding hydrogens is 532 g/mol. The van der Waals surface area contributed by atoms with Gasteiger partial charge in [-0.05, 0) is 87.0 Å². The highest BCUT2D eigenvalue weighted by molar-refractivity contribution is 14.1. The predicted octanol–water partition coefficient (Wildman–Crippen LogP) is 3.64. The van der Waals surface area contributed by atoms with E-state index < -0.39 is 12.0 Å². The van der Waals surface area contributed by atoms with Crippen LogP contribution in [-0.4, -0.2) is 23.0 Å². The standard InChI is InChI=1S/C18H17I2NO3/c19-14-6-1-12(2-7-14)5-10-17(22)21-16(18(23)24)11-13-3-8-15(20)9-4-13/h1-4,6-9,16H,5,10-11H2,(H,21,22)(H,23,24). The molecule has 0 aliphatic heterocycles. The first-order valence-corrected chi connectivity index (χ1v) is 9.61. The molecule has 0 aliphatic rings. The number of carboxylic acid groups (broad SMARTS) is 1. The third-order valence-electron chi connectivity index (χ3n) is 3.54. The van der Waals surface area contributed by atoms with Crippen molar-refractivity contribution in [3.63, 3.8) is 0 Å². The molecule has 0 spiro atoms. The van der Waals surface area contributed by atoms with Gasteiger partial charge in [-0.3, -0.25) is 4.79 Å². The van der Waals surface area contributed by atoms with Crippen LogP contribution in [0.4, 0.5) is 0 Å². The highest BCUT2D eigenvalue weighted by atomic mass is 127. The summed E-state index contributed by atoms with van der Waals surface area (Å²) >= 11 is 4.42. The number of rotatable bonds is 7. The van der Waals surface area contributed by atoms with Gasteiger partial charge in [0.15, 0.2) is 0 Å². The van der Waals surface area contributed by atoms with Gasteiger partial charge in [-0.2, -0.15) is 0 Å². The quantitative estimate of drug-likeness (QED) is 0.519. The summed E-state index contributed by atoms with van der Waals surface area (Å²) in [5.74, 6) is -1.26. The molecule has 0 heterocycles. The molecule has 0 aromatic heterocycles. The van der Waals surface area contributed by atoms with Crippen molar-refractivity contribution in [3.8, 4) is 0 Å². The summed E-state index contributed by atoms with van der Waals surface area (Å²) < 4.78 is 2.23. The van der Waals surface area contributed by atoms with Crippen molar-refractivity contribution >= 4 is 57.1 Å². The van der Waals surface area contributed by atoms with Gasteiger partial charge in [0.1, 0.15) is 6.04 Å². The molecule has 1 amide bonds. The van der Waals surface area contributed by atoms with Crippen molar-refractivity contribution in [2.75, 3.05) is 0 Å². The Morgan fingerprint density at radius 3 is 1.92 bits per heavy atom. The zero-order valence-electron chi connectivity index (χ0n) is 12.8. The van der Waals surface area contributed by atoms with Gasteiger partial charge >= 0.3 is 5.97 Å². The molecule has 2 aromatic carbocycles. The highest BCUT2D eigenvalue weighted by Gasteiger charge is 2.20. The molecule has 0 saturated carbocycles. The van der Waals surface area contributed by atoms with E-state index in [1.165, 1.54) is 0 Å². The highest BCUT2D eigenvalue weighted by Crippen LogP contribution is 2.10. The lowest BCUT2D eigenvalue weighted by Crippen LogP contribution is -2.42. The van der Waals surface area contributed by atoms with E-state index in [0.29, 0.717) is 6.42 Å². The summed E-state index contributed by atoms with van der Waals surface area (Å²) in [6.07, 6.45) is 1.15. The molecule has 0 saturated heterocycles. The molecular formula is C18H17I2NO3. The van der Waals surface area contributed by atoms with Crippen molar-refractivity contribution < 1.29 is 14.7 Å². The van der Waals surface area contributed by atoms with E-state index in [1.807, 2.05) is 48.5 Å². The molecule has 2 N–H and O–H groups in total. The van der Waals surface area contributed by atoms with E-state index in [9.17, 15) is 14.7 Å². The maximum atomic E-state index is 12.1. The Morgan fingerprint density at radius 2 is 1.42 bits per heavy atom. The van der Waals surface area contributed by atoms with E-state index in [0.717, 1.165) is 18.3 Å². The lowest BCUT2D eigenvalue weighted by atomic mass is 10.1. The van der Waals surface area contributed by atoms with Crippen LogP contribution in [0.15, 0.2) is 48.5 Å². The Bertz CT molecular complexity index is 699. The number of halogens is 2. The first-order chi connectivity index (χ1) is 11.4. The molecule has 6 heteroatoms. The number of carboxylic acids is 1. The molecule has 24 heavy (non-hydrogen) atoms. The molecule has 4 nitrogen and oxygen atoms in total. The van der Waals surface area contributed by atoms with Crippen molar-refractivity contribution in [1.82, 2.24) is 5.32 Å². The average molecular weight is 549 g/mol. The number of carbonyl (C=O) groups excluding carboxylic acids is 1. The number of hydrogen-bond acceptors (Lipinski definition) is 2. The molecule has 0 radical (unpaired) electrons. The van der Waals surface area contributed by atoms with Gasteiger partial charge < -0.3 is 10.4 Å². The molecule has 0 aliphatic carbocycles. The van der Waals surface area contributed by atoms with Crippen LogP contribution in [0.2, 0.25) is 0 Å². The lowest BCUT2D eigenvalue weighted by Gasteiger charge is -2.15. The monoisotopic (exact) mass is 549 g/mol. The first kappa shape index (κ1) is 19.2. The molecule has 126 valence electrons. The maximum Gasteiger partial charge on any atom is 0.326 e. The third-order valence-corrected chi connectivity index (χ3v) is 4.98. The van der Waals surface area contributed by atoms with Gasteiger partial charge in [0.2, 0.25) is 5.91 Å². The van der Waals surface area contributed by atoms with Crippen molar-refractivity contribution in [2.24, 2.45) is 0 Å². The molecule has 0 bridgehead atoms. The van der Waals surface area contributed by atoms with Crippen LogP contribution in [0.3, 0.4) is 0 Å². The minimum absolute atomic E-state index is 0.244. The summed E-state index contributed by atoms with van der Waals surface area (Å²) in [5.41, 5.74) is 1.95. The zero-order valence-corrected chi connectivity index (χ0v) is 17.2. The van der Waals surface area contributed by atoms with E-state index in [4.69, 9.17) is 0 Å². The van der Waals surface area contributed by atoms with Gasteiger partial charge in [0.25, 0.3) is 0 Å². The normalized spacial score (nSPS) is 11.8. The fourth-order valence-corrected chi connectivity index (χ4v) is 2.95. The van der Waals surface area contributed by atoms with Crippen molar-refractivity contribution in [3.05, 3.63) is 66.8 Å². The number of carbonyl (C=O) groups is 2. The number of aryl methyl sites for hydroxylation is 1. The maximum absolute atomic E-state index is 12.1. The Labute approximate surface area is 168 Å². The van der Waals surface area contributed by atoms with Crippen LogP contribution in [-0.2, 0) is 22.4 Å². The molecule has 1 atom stereocenters. The Kier molecular flexibility index (Phi) is 7.47. The van der Waals surface area contributed by atoms with E-state index in [1.54, 1.807) is 0 Å². The number of benzene rings is 2. The van der Waals surface area contributed by atoms with Crippen LogP contribution in [0.5, 0.6) is 0 Å². The van der Waals surface area contributed by atoms with E-state index in [2.05, 4.69) is 50.5 Å². The summed E-state index contributed by atoms with van der Waals surface area (Å²) in [6.45, 7) is 0. The van der Waals surface area contributed by atoms with Crippen LogP contribution in [0.1, 0.15) is 17.5 Å². The fraction of sp³-hybridized carbons (Fsp3) is 0.222. The Balaban J connectivity index is 1.89. The van der Waals surface area contributed by atoms with Crippen LogP contribution in [0, 0.1) is 7.14 Å². The van der Waals surface area contributed by atoms with Gasteiger partial charge in [0.05, 0.1) is 0 Å². The average Bonchev–Trinajstić information content (AvgIpc) is 2.55. The minimum atomic E-state index is -1.02. The van der Waals surface area contributed by atoms with E-state index in [-0.39, 0.29) is 18.7 Å². The largest absolute Gasteiger partial charge is 0.480 e. The van der Waals surface area contributed by atoms with Crippen LogP contribution >= 0.6 is 45.2 Å². The zero-order chi connectivity index (χ0) is 17.5. The summed E-state index contributed by atoms with van der Waals surface area (Å²) in [7, 11) is 0. The summed E-state index contributed by atoms with van der Waals surface area (Å²) in [4.78, 5) is 23.5. The van der Waals surface area contributed by atoms with Crippen molar-refractivity contribution in [2.45, 2.75) is 25.3 Å². The predicted molar refractivity (Wildman–Crippen MR) is 110 cm³/mol. The molecule has 0 fully saturated rings. The minimum Gasteiger partial charge on any atom is -0.480 e. The van der Waals surface area contributed by atoms with Gasteiger partial charge in [-0.25, -0.2) is 4.79 Å². The second-order valence-corrected chi connectivity index (χ2v) is 7.91. The number of aliphatic carboxylic acids is 1. The SMILES string of the molecule is O=C(CCc1ccc(I)cc1)NC(Cc1ccc(I)cc1)C(=O)O. The number of amides is 1. The van der Waals surface area contributed by atoms with Gasteiger partial charge in [0, 0.05) is 20.0 Å². The molecule has 2 rings (SSSR count). The first-order valence-electron chi connectivity index (χ1n) is 7.45. The third kappa shape index (κ3) is 6.39. The topological polar surface area (TPSA) is 66.4 Å². The summed E-state index contributed by atoms with van der Waals surface area (Å²) in [6, 6.07) is 14.7. The van der Waals surface area contributed by atoms with Crippen LogP contribution < -0.4 is 5.32 Å². The second-order valence-electron chi connectivity index (χ2n) is 5.42.